The first-order valence-electron chi connectivity index (χ1n) is 8.93. The number of carbonyl (C=O) groups excluding carboxylic acids is 2. The number of H-pyrrole nitrogens is 1. The summed E-state index contributed by atoms with van der Waals surface area (Å²) in [6.07, 6.45) is 3.55. The Bertz CT molecular complexity index is 794. The molecule has 0 radical (unpaired) electrons. The van der Waals surface area contributed by atoms with Gasteiger partial charge in [0.1, 0.15) is 11.5 Å². The van der Waals surface area contributed by atoms with E-state index in [1.807, 2.05) is 17.0 Å². The van der Waals surface area contributed by atoms with E-state index >= 15 is 0 Å². The third kappa shape index (κ3) is 3.70. The van der Waals surface area contributed by atoms with E-state index in [4.69, 9.17) is 4.74 Å². The van der Waals surface area contributed by atoms with Gasteiger partial charge in [-0.2, -0.15) is 0 Å². The van der Waals surface area contributed by atoms with Crippen molar-refractivity contribution in [3.05, 3.63) is 29.5 Å². The highest BCUT2D eigenvalue weighted by Gasteiger charge is 2.29. The van der Waals surface area contributed by atoms with Crippen LogP contribution < -0.4 is 4.74 Å². The number of likely N-dealkylation sites (tertiary alicyclic amines) is 1. The third-order valence-corrected chi connectivity index (χ3v) is 5.15. The molecular weight excluding hydrogens is 316 g/mol. The van der Waals surface area contributed by atoms with Gasteiger partial charge in [-0.25, -0.2) is 0 Å². The normalized spacial score (nSPS) is 17.2. The van der Waals surface area contributed by atoms with Crippen LogP contribution in [-0.2, 0) is 16.0 Å². The largest absolute Gasteiger partial charge is 0.497 e. The first-order chi connectivity index (χ1) is 12.0. The summed E-state index contributed by atoms with van der Waals surface area (Å²) in [6, 6.07) is 6.26. The number of benzene rings is 1. The maximum absolute atomic E-state index is 12.5. The lowest BCUT2D eigenvalue weighted by atomic mass is 10.0. The van der Waals surface area contributed by atoms with Crippen molar-refractivity contribution in [2.24, 2.45) is 0 Å². The Kier molecular flexibility index (Phi) is 5.11. The van der Waals surface area contributed by atoms with Crippen molar-refractivity contribution in [2.75, 3.05) is 13.7 Å². The topological polar surface area (TPSA) is 62.4 Å². The fourth-order valence-electron chi connectivity index (χ4n) is 3.79. The molecule has 3 rings (SSSR count). The molecule has 0 bridgehead atoms. The van der Waals surface area contributed by atoms with Crippen molar-refractivity contribution in [3.63, 3.8) is 0 Å². The Hall–Kier alpha value is -2.30. The number of amides is 1. The number of methoxy groups -OCH3 is 1. The zero-order valence-electron chi connectivity index (χ0n) is 15.2. The second-order valence-electron chi connectivity index (χ2n) is 6.93. The van der Waals surface area contributed by atoms with E-state index < -0.39 is 0 Å². The van der Waals surface area contributed by atoms with Gasteiger partial charge in [0.05, 0.1) is 7.11 Å². The minimum atomic E-state index is 0.0728. The summed E-state index contributed by atoms with van der Waals surface area (Å²) in [6.45, 7) is 4.42. The maximum atomic E-state index is 12.5. The van der Waals surface area contributed by atoms with Gasteiger partial charge in [0.15, 0.2) is 0 Å². The quantitative estimate of drug-likeness (QED) is 0.875. The average Bonchev–Trinajstić information content (AvgIpc) is 3.17. The number of fused-ring (bicyclic) bond motifs is 1. The number of nitrogens with zero attached hydrogens (tertiary/aromatic N) is 1. The molecule has 5 heteroatoms. The maximum Gasteiger partial charge on any atom is 0.223 e. The zero-order valence-corrected chi connectivity index (χ0v) is 15.2. The molecule has 1 saturated heterocycles. The summed E-state index contributed by atoms with van der Waals surface area (Å²) in [5, 5.41) is 1.17. The van der Waals surface area contributed by atoms with Crippen molar-refractivity contribution in [1.29, 1.82) is 0 Å². The minimum absolute atomic E-state index is 0.0728. The molecule has 1 aromatic heterocycles. The second-order valence-corrected chi connectivity index (χ2v) is 6.93. The summed E-state index contributed by atoms with van der Waals surface area (Å²) in [4.78, 5) is 29.1. The molecule has 2 heterocycles. The fourth-order valence-corrected chi connectivity index (χ4v) is 3.79. The van der Waals surface area contributed by atoms with Crippen LogP contribution in [0.2, 0.25) is 0 Å². The molecule has 1 aromatic carbocycles. The van der Waals surface area contributed by atoms with Crippen LogP contribution >= 0.6 is 0 Å². The van der Waals surface area contributed by atoms with Gasteiger partial charge in [0.25, 0.3) is 0 Å². The van der Waals surface area contributed by atoms with Gasteiger partial charge in [-0.05, 0) is 56.9 Å². The number of aryl methyl sites for hydroxylation is 1. The third-order valence-electron chi connectivity index (χ3n) is 5.15. The van der Waals surface area contributed by atoms with Gasteiger partial charge < -0.3 is 19.4 Å². The SMILES string of the molecule is COc1ccc2[nH]c(C)c(CC3CCCN3C(=O)CCC(C)=O)c2c1. The Labute approximate surface area is 148 Å². The van der Waals surface area contributed by atoms with Crippen molar-refractivity contribution in [3.8, 4) is 5.75 Å². The van der Waals surface area contributed by atoms with E-state index in [9.17, 15) is 9.59 Å². The van der Waals surface area contributed by atoms with E-state index in [0.717, 1.165) is 42.8 Å². The average molecular weight is 342 g/mol. The van der Waals surface area contributed by atoms with Crippen LogP contribution in [0, 0.1) is 6.92 Å². The summed E-state index contributed by atoms with van der Waals surface area (Å²) in [5.74, 6) is 1.02. The Morgan fingerprint density at radius 1 is 1.32 bits per heavy atom. The van der Waals surface area contributed by atoms with Gasteiger partial charge >= 0.3 is 0 Å². The van der Waals surface area contributed by atoms with E-state index in [-0.39, 0.29) is 17.7 Å². The number of hydrogen-bond donors (Lipinski definition) is 1. The molecule has 1 aliphatic heterocycles. The lowest BCUT2D eigenvalue weighted by molar-refractivity contribution is -0.133. The predicted octanol–water partition coefficient (Wildman–Crippen LogP) is 3.39. The van der Waals surface area contributed by atoms with E-state index in [2.05, 4.69) is 18.0 Å². The number of nitrogens with one attached hydrogen (secondary N) is 1. The lowest BCUT2D eigenvalue weighted by Gasteiger charge is -2.25. The highest BCUT2D eigenvalue weighted by Crippen LogP contribution is 2.30. The summed E-state index contributed by atoms with van der Waals surface area (Å²) >= 11 is 0. The molecule has 5 nitrogen and oxygen atoms in total. The number of ether oxygens (including phenoxy) is 1. The zero-order chi connectivity index (χ0) is 18.0. The standard InChI is InChI=1S/C20H26N2O3/c1-13(23)6-9-20(24)22-10-4-5-15(22)11-17-14(2)21-19-8-7-16(25-3)12-18(17)19/h7-8,12,15,21H,4-6,9-11H2,1-3H3. The Morgan fingerprint density at radius 2 is 2.12 bits per heavy atom. The second kappa shape index (κ2) is 7.30. The first-order valence-corrected chi connectivity index (χ1v) is 8.93. The van der Waals surface area contributed by atoms with E-state index in [0.29, 0.717) is 12.8 Å². The monoisotopic (exact) mass is 342 g/mol. The van der Waals surface area contributed by atoms with E-state index in [1.165, 1.54) is 17.9 Å². The molecule has 1 unspecified atom stereocenters. The Morgan fingerprint density at radius 3 is 2.84 bits per heavy atom. The molecule has 1 atom stereocenters. The fraction of sp³-hybridized carbons (Fsp3) is 0.500. The molecule has 0 saturated carbocycles. The van der Waals surface area contributed by atoms with Crippen LogP contribution in [0.25, 0.3) is 10.9 Å². The summed E-state index contributed by atoms with van der Waals surface area (Å²) < 4.78 is 5.36. The number of ketones is 1. The Balaban J connectivity index is 1.81. The molecule has 0 aliphatic carbocycles. The number of carbonyl (C=O) groups is 2. The van der Waals surface area contributed by atoms with Gasteiger partial charge in [-0.3, -0.25) is 4.79 Å². The highest BCUT2D eigenvalue weighted by atomic mass is 16.5. The summed E-state index contributed by atoms with van der Waals surface area (Å²) in [7, 11) is 1.67. The molecular formula is C20H26N2O3. The number of hydrogen-bond acceptors (Lipinski definition) is 3. The number of aromatic amines is 1. The molecule has 2 aromatic rings. The van der Waals surface area contributed by atoms with Crippen LogP contribution in [0.1, 0.15) is 43.9 Å². The van der Waals surface area contributed by atoms with Crippen LogP contribution in [0.15, 0.2) is 18.2 Å². The van der Waals surface area contributed by atoms with Crippen LogP contribution in [0.4, 0.5) is 0 Å². The first kappa shape index (κ1) is 17.5. The summed E-state index contributed by atoms with van der Waals surface area (Å²) in [5.41, 5.74) is 3.50. The molecule has 134 valence electrons. The van der Waals surface area contributed by atoms with E-state index in [1.54, 1.807) is 7.11 Å². The van der Waals surface area contributed by atoms with Crippen molar-refractivity contribution < 1.29 is 14.3 Å². The lowest BCUT2D eigenvalue weighted by Crippen LogP contribution is -2.37. The number of rotatable bonds is 6. The number of Topliss-reactive ketones (excluding diaryl/α,β-unsaturated/α-hetero) is 1. The smallest absolute Gasteiger partial charge is 0.223 e. The van der Waals surface area contributed by atoms with Crippen molar-refractivity contribution in [1.82, 2.24) is 9.88 Å². The van der Waals surface area contributed by atoms with Crippen molar-refractivity contribution >= 4 is 22.6 Å². The molecule has 0 spiro atoms. The van der Waals surface area contributed by atoms with Crippen LogP contribution in [0.3, 0.4) is 0 Å². The molecule has 1 fully saturated rings. The van der Waals surface area contributed by atoms with Gasteiger partial charge in [0, 0.05) is 42.0 Å². The number of aromatic nitrogens is 1. The molecule has 1 amide bonds. The van der Waals surface area contributed by atoms with Crippen LogP contribution in [0.5, 0.6) is 5.75 Å². The van der Waals surface area contributed by atoms with Crippen LogP contribution in [-0.4, -0.2) is 41.3 Å². The van der Waals surface area contributed by atoms with Crippen molar-refractivity contribution in [2.45, 2.75) is 52.0 Å². The van der Waals surface area contributed by atoms with Gasteiger partial charge in [-0.15, -0.1) is 0 Å². The highest BCUT2D eigenvalue weighted by molar-refractivity contribution is 5.86. The molecule has 25 heavy (non-hydrogen) atoms. The van der Waals surface area contributed by atoms with Gasteiger partial charge in [-0.1, -0.05) is 0 Å². The molecule has 1 aliphatic rings. The molecule has 1 N–H and O–H groups in total. The van der Waals surface area contributed by atoms with Gasteiger partial charge in [0.2, 0.25) is 5.91 Å². The minimum Gasteiger partial charge on any atom is -0.497 e. The predicted molar refractivity (Wildman–Crippen MR) is 97.9 cm³/mol.